The van der Waals surface area contributed by atoms with Crippen LogP contribution >= 0.6 is 0 Å². The minimum atomic E-state index is -0.149. The van der Waals surface area contributed by atoms with E-state index in [-0.39, 0.29) is 6.03 Å². The molecule has 1 aromatic carbocycles. The van der Waals surface area contributed by atoms with Crippen LogP contribution in [0.25, 0.3) is 33.9 Å². The monoisotopic (exact) mass is 390 g/mol. The lowest BCUT2D eigenvalue weighted by molar-refractivity contribution is 0.222. The predicted molar refractivity (Wildman–Crippen MR) is 111 cm³/mol. The SMILES string of the molecule is CCCCN(C)C(=O)Nc1ccc2nc(-c3ccco3)c(-c3ccco3)nc2c1. The first-order valence-corrected chi connectivity index (χ1v) is 9.57. The van der Waals surface area contributed by atoms with Crippen LogP contribution in [0.4, 0.5) is 10.5 Å². The molecule has 7 heteroatoms. The first kappa shape index (κ1) is 18.7. The van der Waals surface area contributed by atoms with Crippen LogP contribution in [0.2, 0.25) is 0 Å². The number of urea groups is 1. The van der Waals surface area contributed by atoms with Gasteiger partial charge in [-0.25, -0.2) is 14.8 Å². The number of rotatable bonds is 6. The fraction of sp³-hybridized carbons (Fsp3) is 0.227. The van der Waals surface area contributed by atoms with Gasteiger partial charge in [0.2, 0.25) is 0 Å². The van der Waals surface area contributed by atoms with Crippen LogP contribution in [-0.4, -0.2) is 34.5 Å². The van der Waals surface area contributed by atoms with E-state index in [0.29, 0.717) is 46.2 Å². The smallest absolute Gasteiger partial charge is 0.321 e. The Morgan fingerprint density at radius 3 is 2.24 bits per heavy atom. The van der Waals surface area contributed by atoms with Gasteiger partial charge < -0.3 is 19.1 Å². The van der Waals surface area contributed by atoms with Crippen LogP contribution in [0.15, 0.2) is 63.8 Å². The van der Waals surface area contributed by atoms with Gasteiger partial charge in [-0.05, 0) is 48.9 Å². The van der Waals surface area contributed by atoms with Crippen LogP contribution in [0.5, 0.6) is 0 Å². The molecule has 4 rings (SSSR count). The largest absolute Gasteiger partial charge is 0.463 e. The molecule has 0 unspecified atom stereocenters. The Kier molecular flexibility index (Phi) is 5.29. The zero-order valence-corrected chi connectivity index (χ0v) is 16.4. The molecule has 0 saturated carbocycles. The van der Waals surface area contributed by atoms with Crippen molar-refractivity contribution in [2.24, 2.45) is 0 Å². The Bertz CT molecular complexity index is 1100. The molecule has 148 valence electrons. The van der Waals surface area contributed by atoms with E-state index >= 15 is 0 Å². The van der Waals surface area contributed by atoms with E-state index in [4.69, 9.17) is 18.8 Å². The van der Waals surface area contributed by atoms with E-state index in [9.17, 15) is 4.79 Å². The van der Waals surface area contributed by atoms with Gasteiger partial charge in [0.1, 0.15) is 11.4 Å². The van der Waals surface area contributed by atoms with Crippen molar-refractivity contribution in [1.82, 2.24) is 14.9 Å². The van der Waals surface area contributed by atoms with Gasteiger partial charge in [0.15, 0.2) is 11.5 Å². The van der Waals surface area contributed by atoms with E-state index in [2.05, 4.69) is 12.2 Å². The van der Waals surface area contributed by atoms with Crippen molar-refractivity contribution >= 4 is 22.8 Å². The molecule has 0 radical (unpaired) electrons. The second-order valence-corrected chi connectivity index (χ2v) is 6.78. The zero-order chi connectivity index (χ0) is 20.2. The Morgan fingerprint density at radius 2 is 1.66 bits per heavy atom. The first-order valence-electron chi connectivity index (χ1n) is 9.57. The predicted octanol–water partition coefficient (Wildman–Crippen LogP) is 5.41. The molecule has 3 aromatic heterocycles. The lowest BCUT2D eigenvalue weighted by atomic mass is 10.1. The number of aromatic nitrogens is 2. The summed E-state index contributed by atoms with van der Waals surface area (Å²) in [7, 11) is 1.79. The molecular formula is C22H22N4O3. The molecule has 2 amide bonds. The van der Waals surface area contributed by atoms with E-state index in [1.165, 1.54) is 0 Å². The summed E-state index contributed by atoms with van der Waals surface area (Å²) in [5, 5.41) is 2.92. The molecule has 0 atom stereocenters. The highest BCUT2D eigenvalue weighted by atomic mass is 16.3. The maximum Gasteiger partial charge on any atom is 0.321 e. The van der Waals surface area contributed by atoms with Gasteiger partial charge in [0, 0.05) is 19.3 Å². The third-order valence-electron chi connectivity index (χ3n) is 4.62. The van der Waals surface area contributed by atoms with Crippen molar-refractivity contribution in [2.45, 2.75) is 19.8 Å². The van der Waals surface area contributed by atoms with Gasteiger partial charge in [-0.2, -0.15) is 0 Å². The second-order valence-electron chi connectivity index (χ2n) is 6.78. The average Bonchev–Trinajstić information content (AvgIpc) is 3.45. The number of hydrogen-bond acceptors (Lipinski definition) is 5. The standard InChI is InChI=1S/C22H22N4O3/c1-3-4-11-26(2)22(27)23-15-9-10-16-17(14-15)25-21(19-8-6-13-29-19)20(24-16)18-7-5-12-28-18/h5-10,12-14H,3-4,11H2,1-2H3,(H,23,27). The van der Waals surface area contributed by atoms with Gasteiger partial charge in [0.25, 0.3) is 0 Å². The molecule has 3 heterocycles. The minimum Gasteiger partial charge on any atom is -0.463 e. The third kappa shape index (κ3) is 3.99. The summed E-state index contributed by atoms with van der Waals surface area (Å²) in [6, 6.07) is 12.6. The summed E-state index contributed by atoms with van der Waals surface area (Å²) < 4.78 is 11.1. The van der Waals surface area contributed by atoms with Crippen molar-refractivity contribution in [3.05, 3.63) is 55.0 Å². The van der Waals surface area contributed by atoms with Crippen molar-refractivity contribution in [3.8, 4) is 22.9 Å². The number of fused-ring (bicyclic) bond motifs is 1. The molecule has 1 N–H and O–H groups in total. The van der Waals surface area contributed by atoms with Crippen molar-refractivity contribution in [3.63, 3.8) is 0 Å². The number of carbonyl (C=O) groups excluding carboxylic acids is 1. The summed E-state index contributed by atoms with van der Waals surface area (Å²) >= 11 is 0. The van der Waals surface area contributed by atoms with Crippen LogP contribution in [-0.2, 0) is 0 Å². The van der Waals surface area contributed by atoms with Crippen LogP contribution < -0.4 is 5.32 Å². The molecule has 0 aliphatic carbocycles. The number of anilines is 1. The van der Waals surface area contributed by atoms with Gasteiger partial charge in [-0.15, -0.1) is 0 Å². The number of nitrogens with zero attached hydrogens (tertiary/aromatic N) is 3. The number of benzene rings is 1. The van der Waals surface area contributed by atoms with Crippen molar-refractivity contribution < 1.29 is 13.6 Å². The Hall–Kier alpha value is -3.61. The van der Waals surface area contributed by atoms with Crippen LogP contribution in [0, 0.1) is 0 Å². The van der Waals surface area contributed by atoms with Gasteiger partial charge >= 0.3 is 6.03 Å². The molecule has 0 aliphatic heterocycles. The molecule has 4 aromatic rings. The van der Waals surface area contributed by atoms with E-state index in [1.807, 2.05) is 30.3 Å². The number of nitrogens with one attached hydrogen (secondary N) is 1. The lowest BCUT2D eigenvalue weighted by Crippen LogP contribution is -2.32. The number of amides is 2. The molecule has 0 aliphatic rings. The zero-order valence-electron chi connectivity index (χ0n) is 16.4. The summed E-state index contributed by atoms with van der Waals surface area (Å²) in [6.45, 7) is 2.81. The van der Waals surface area contributed by atoms with Crippen molar-refractivity contribution in [2.75, 3.05) is 18.9 Å². The van der Waals surface area contributed by atoms with Gasteiger partial charge in [0.05, 0.1) is 23.6 Å². The molecule has 0 bridgehead atoms. The van der Waals surface area contributed by atoms with Crippen LogP contribution in [0.3, 0.4) is 0 Å². The normalized spacial score (nSPS) is 11.0. The maximum absolute atomic E-state index is 12.4. The lowest BCUT2D eigenvalue weighted by Gasteiger charge is -2.17. The summed E-state index contributed by atoms with van der Waals surface area (Å²) in [6.07, 6.45) is 5.20. The Balaban J connectivity index is 1.70. The van der Waals surface area contributed by atoms with Gasteiger partial charge in [-0.1, -0.05) is 13.3 Å². The number of carbonyl (C=O) groups is 1. The fourth-order valence-corrected chi connectivity index (χ4v) is 3.02. The van der Waals surface area contributed by atoms with E-state index in [0.717, 1.165) is 12.8 Å². The highest BCUT2D eigenvalue weighted by molar-refractivity contribution is 5.92. The highest BCUT2D eigenvalue weighted by Crippen LogP contribution is 2.32. The van der Waals surface area contributed by atoms with E-state index in [1.54, 1.807) is 36.6 Å². The Labute approximate surface area is 168 Å². The number of unbranched alkanes of at least 4 members (excludes halogenated alkanes) is 1. The van der Waals surface area contributed by atoms with Crippen molar-refractivity contribution in [1.29, 1.82) is 0 Å². The summed E-state index contributed by atoms with van der Waals surface area (Å²) in [5.41, 5.74) is 3.20. The molecule has 7 nitrogen and oxygen atoms in total. The van der Waals surface area contributed by atoms with Gasteiger partial charge in [-0.3, -0.25) is 0 Å². The molecule has 0 saturated heterocycles. The molecule has 29 heavy (non-hydrogen) atoms. The second kappa shape index (κ2) is 8.18. The third-order valence-corrected chi connectivity index (χ3v) is 4.62. The summed E-state index contributed by atoms with van der Waals surface area (Å²) in [4.78, 5) is 23.5. The minimum absolute atomic E-state index is 0.149. The first-order chi connectivity index (χ1) is 14.2. The summed E-state index contributed by atoms with van der Waals surface area (Å²) in [5.74, 6) is 1.21. The Morgan fingerprint density at radius 1 is 1.00 bits per heavy atom. The number of hydrogen-bond donors (Lipinski definition) is 1. The maximum atomic E-state index is 12.4. The number of furan rings is 2. The van der Waals surface area contributed by atoms with E-state index < -0.39 is 0 Å². The molecular weight excluding hydrogens is 368 g/mol. The quantitative estimate of drug-likeness (QED) is 0.476. The fourth-order valence-electron chi connectivity index (χ4n) is 3.02. The van der Waals surface area contributed by atoms with Crippen LogP contribution in [0.1, 0.15) is 19.8 Å². The average molecular weight is 390 g/mol. The topological polar surface area (TPSA) is 84.4 Å². The molecule has 0 fully saturated rings. The molecule has 0 spiro atoms. The highest BCUT2D eigenvalue weighted by Gasteiger charge is 2.17.